The van der Waals surface area contributed by atoms with Crippen LogP contribution in [0.25, 0.3) is 0 Å². The minimum atomic E-state index is -0.380. The average Bonchev–Trinajstić information content (AvgIpc) is 3.04. The molecule has 3 rings (SSSR count). The Balaban J connectivity index is 1.87. The summed E-state index contributed by atoms with van der Waals surface area (Å²) in [6, 6.07) is 3.71. The molecular weight excluding hydrogens is 362 g/mol. The second-order valence-electron chi connectivity index (χ2n) is 6.94. The Morgan fingerprint density at radius 2 is 2.15 bits per heavy atom. The molecule has 5 nitrogen and oxygen atoms in total. The second-order valence-corrected chi connectivity index (χ2v) is 8.00. The van der Waals surface area contributed by atoms with E-state index in [0.29, 0.717) is 17.9 Å². The SMILES string of the molecule is CCCCCCc1cc2c(cc1OC(C)=O)OC(=O)C(c1csc(C)n1)C2. The number of ether oxygens (including phenoxy) is 2. The van der Waals surface area contributed by atoms with Crippen LogP contribution >= 0.6 is 11.3 Å². The second kappa shape index (κ2) is 8.65. The summed E-state index contributed by atoms with van der Waals surface area (Å²) in [6.45, 7) is 5.49. The largest absolute Gasteiger partial charge is 0.426 e. The summed E-state index contributed by atoms with van der Waals surface area (Å²) < 4.78 is 10.9. The number of aryl methyl sites for hydroxylation is 2. The third-order valence-electron chi connectivity index (χ3n) is 4.71. The van der Waals surface area contributed by atoms with E-state index in [1.165, 1.54) is 31.1 Å². The monoisotopic (exact) mass is 387 g/mol. The van der Waals surface area contributed by atoms with Gasteiger partial charge in [-0.1, -0.05) is 26.2 Å². The van der Waals surface area contributed by atoms with Crippen LogP contribution in [-0.2, 0) is 22.4 Å². The fraction of sp³-hybridized carbons (Fsp3) is 0.476. The summed E-state index contributed by atoms with van der Waals surface area (Å²) in [5.41, 5.74) is 2.72. The van der Waals surface area contributed by atoms with Crippen LogP contribution < -0.4 is 9.47 Å². The summed E-state index contributed by atoms with van der Waals surface area (Å²) in [5.74, 6) is -0.0831. The number of carbonyl (C=O) groups is 2. The van der Waals surface area contributed by atoms with Gasteiger partial charge < -0.3 is 9.47 Å². The molecule has 1 aliphatic heterocycles. The van der Waals surface area contributed by atoms with Gasteiger partial charge in [-0.2, -0.15) is 0 Å². The maximum atomic E-state index is 12.5. The standard InChI is InChI=1S/C21H25NO4S/c1-4-5-6-7-8-15-9-16-10-17(18-12-27-13(2)22-18)21(24)26-20(16)11-19(15)25-14(3)23/h9,11-12,17H,4-8,10H2,1-3H3. The molecule has 0 N–H and O–H groups in total. The molecule has 0 saturated carbocycles. The summed E-state index contributed by atoms with van der Waals surface area (Å²) >= 11 is 1.53. The van der Waals surface area contributed by atoms with Crippen LogP contribution in [0, 0.1) is 6.92 Å². The van der Waals surface area contributed by atoms with Crippen molar-refractivity contribution in [3.63, 3.8) is 0 Å². The fourth-order valence-corrected chi connectivity index (χ4v) is 4.01. The fourth-order valence-electron chi connectivity index (χ4n) is 3.35. The Morgan fingerprint density at radius 1 is 1.33 bits per heavy atom. The normalized spacial score (nSPS) is 16.0. The molecule has 27 heavy (non-hydrogen) atoms. The lowest BCUT2D eigenvalue weighted by Crippen LogP contribution is -2.26. The number of unbranched alkanes of at least 4 members (excludes halogenated alkanes) is 3. The van der Waals surface area contributed by atoms with Crippen molar-refractivity contribution in [3.05, 3.63) is 39.3 Å². The highest BCUT2D eigenvalue weighted by Crippen LogP contribution is 2.38. The zero-order valence-electron chi connectivity index (χ0n) is 16.0. The average molecular weight is 388 g/mol. The van der Waals surface area contributed by atoms with Gasteiger partial charge in [-0.3, -0.25) is 9.59 Å². The van der Waals surface area contributed by atoms with E-state index < -0.39 is 0 Å². The Morgan fingerprint density at radius 3 is 2.81 bits per heavy atom. The van der Waals surface area contributed by atoms with Crippen LogP contribution in [-0.4, -0.2) is 16.9 Å². The van der Waals surface area contributed by atoms with Gasteiger partial charge >= 0.3 is 11.9 Å². The molecule has 0 spiro atoms. The summed E-state index contributed by atoms with van der Waals surface area (Å²) in [4.78, 5) is 28.4. The molecule has 0 saturated heterocycles. The molecule has 144 valence electrons. The van der Waals surface area contributed by atoms with E-state index >= 15 is 0 Å². The van der Waals surface area contributed by atoms with Gasteiger partial charge in [0.15, 0.2) is 0 Å². The lowest BCUT2D eigenvalue weighted by atomic mass is 9.91. The molecule has 6 heteroatoms. The highest BCUT2D eigenvalue weighted by Gasteiger charge is 2.32. The molecule has 1 aliphatic rings. The third kappa shape index (κ3) is 4.75. The molecule has 2 aromatic rings. The first-order chi connectivity index (χ1) is 13.0. The lowest BCUT2D eigenvalue weighted by molar-refractivity contribution is -0.137. The summed E-state index contributed by atoms with van der Waals surface area (Å²) in [6.07, 6.45) is 5.94. The molecule has 0 amide bonds. The topological polar surface area (TPSA) is 65.5 Å². The molecule has 1 aromatic carbocycles. The van der Waals surface area contributed by atoms with E-state index in [1.54, 1.807) is 6.07 Å². The number of benzene rings is 1. The van der Waals surface area contributed by atoms with Gasteiger partial charge in [0.05, 0.1) is 10.7 Å². The lowest BCUT2D eigenvalue weighted by Gasteiger charge is -2.24. The Kier molecular flexibility index (Phi) is 6.26. The minimum absolute atomic E-state index is 0.308. The first-order valence-corrected chi connectivity index (χ1v) is 10.3. The van der Waals surface area contributed by atoms with Crippen LogP contribution in [0.15, 0.2) is 17.5 Å². The number of fused-ring (bicyclic) bond motifs is 1. The van der Waals surface area contributed by atoms with Crippen molar-refractivity contribution in [3.8, 4) is 11.5 Å². The Hall–Kier alpha value is -2.21. The maximum absolute atomic E-state index is 12.5. The van der Waals surface area contributed by atoms with Crippen molar-refractivity contribution in [2.45, 2.75) is 65.2 Å². The van der Waals surface area contributed by atoms with Crippen LogP contribution in [0.1, 0.15) is 67.3 Å². The zero-order valence-corrected chi connectivity index (χ0v) is 16.9. The van der Waals surface area contributed by atoms with Gasteiger partial charge in [0.1, 0.15) is 17.4 Å². The number of thiazole rings is 1. The molecule has 1 atom stereocenters. The molecule has 2 heterocycles. The van der Waals surface area contributed by atoms with E-state index in [0.717, 1.165) is 41.1 Å². The van der Waals surface area contributed by atoms with Crippen molar-refractivity contribution in [1.82, 2.24) is 4.98 Å². The van der Waals surface area contributed by atoms with Crippen LogP contribution in [0.5, 0.6) is 11.5 Å². The molecule has 0 radical (unpaired) electrons. The minimum Gasteiger partial charge on any atom is -0.426 e. The molecule has 1 unspecified atom stereocenters. The predicted molar refractivity (Wildman–Crippen MR) is 105 cm³/mol. The quantitative estimate of drug-likeness (QED) is 0.390. The Labute approximate surface area is 163 Å². The number of nitrogens with zero attached hydrogens (tertiary/aromatic N) is 1. The number of hydrogen-bond donors (Lipinski definition) is 0. The van der Waals surface area contributed by atoms with Gasteiger partial charge in [0, 0.05) is 18.4 Å². The van der Waals surface area contributed by atoms with Crippen molar-refractivity contribution in [1.29, 1.82) is 0 Å². The Bertz CT molecular complexity index is 843. The third-order valence-corrected chi connectivity index (χ3v) is 5.50. The van der Waals surface area contributed by atoms with Crippen LogP contribution in [0.2, 0.25) is 0 Å². The molecule has 0 bridgehead atoms. The predicted octanol–water partition coefficient (Wildman–Crippen LogP) is 4.74. The van der Waals surface area contributed by atoms with Gasteiger partial charge in [-0.25, -0.2) is 4.98 Å². The first-order valence-electron chi connectivity index (χ1n) is 9.45. The number of rotatable bonds is 7. The first kappa shape index (κ1) is 19.5. The van der Waals surface area contributed by atoms with E-state index in [9.17, 15) is 9.59 Å². The van der Waals surface area contributed by atoms with E-state index in [-0.39, 0.29) is 17.9 Å². The summed E-state index contributed by atoms with van der Waals surface area (Å²) in [5, 5.41) is 2.86. The van der Waals surface area contributed by atoms with Crippen LogP contribution in [0.4, 0.5) is 0 Å². The van der Waals surface area contributed by atoms with Crippen molar-refractivity contribution >= 4 is 23.3 Å². The number of esters is 2. The molecule has 0 fully saturated rings. The highest BCUT2D eigenvalue weighted by atomic mass is 32.1. The highest BCUT2D eigenvalue weighted by molar-refractivity contribution is 7.09. The number of carbonyl (C=O) groups excluding carboxylic acids is 2. The van der Waals surface area contributed by atoms with E-state index in [1.807, 2.05) is 18.4 Å². The van der Waals surface area contributed by atoms with Gasteiger partial charge in [0.2, 0.25) is 0 Å². The van der Waals surface area contributed by atoms with Crippen LogP contribution in [0.3, 0.4) is 0 Å². The molecular formula is C21H25NO4S. The number of aromatic nitrogens is 1. The van der Waals surface area contributed by atoms with Crippen molar-refractivity contribution in [2.75, 3.05) is 0 Å². The molecule has 1 aromatic heterocycles. The van der Waals surface area contributed by atoms with Gasteiger partial charge in [-0.05, 0) is 43.4 Å². The van der Waals surface area contributed by atoms with Gasteiger partial charge in [-0.15, -0.1) is 11.3 Å². The van der Waals surface area contributed by atoms with Gasteiger partial charge in [0.25, 0.3) is 0 Å². The van der Waals surface area contributed by atoms with Crippen molar-refractivity contribution < 1.29 is 19.1 Å². The smallest absolute Gasteiger partial charge is 0.320 e. The van der Waals surface area contributed by atoms with Crippen molar-refractivity contribution in [2.24, 2.45) is 0 Å². The maximum Gasteiger partial charge on any atom is 0.320 e. The number of hydrogen-bond acceptors (Lipinski definition) is 6. The zero-order chi connectivity index (χ0) is 19.4. The summed E-state index contributed by atoms with van der Waals surface area (Å²) in [7, 11) is 0. The molecule has 0 aliphatic carbocycles. The van der Waals surface area contributed by atoms with E-state index in [2.05, 4.69) is 11.9 Å². The van der Waals surface area contributed by atoms with E-state index in [4.69, 9.17) is 9.47 Å².